The number of benzene rings is 1. The SMILES string of the molecule is COc1c(COC(=O)C(F)(F)F)ccc(C)c1C. The largest absolute Gasteiger partial charge is 0.496 e. The Morgan fingerprint density at radius 3 is 2.39 bits per heavy atom. The third kappa shape index (κ3) is 3.15. The Kier molecular flexibility index (Phi) is 4.21. The molecule has 1 aromatic carbocycles. The third-order valence-electron chi connectivity index (χ3n) is 2.55. The highest BCUT2D eigenvalue weighted by Gasteiger charge is 2.41. The molecular weight excluding hydrogens is 249 g/mol. The number of alkyl halides is 3. The summed E-state index contributed by atoms with van der Waals surface area (Å²) in [6.07, 6.45) is -4.98. The van der Waals surface area contributed by atoms with Crippen LogP contribution in [0.2, 0.25) is 0 Å². The zero-order valence-corrected chi connectivity index (χ0v) is 10.2. The molecule has 0 aliphatic heterocycles. The molecule has 0 unspecified atom stereocenters. The summed E-state index contributed by atoms with van der Waals surface area (Å²) in [5, 5.41) is 0. The predicted molar refractivity (Wildman–Crippen MR) is 58.3 cm³/mol. The molecule has 18 heavy (non-hydrogen) atoms. The van der Waals surface area contributed by atoms with E-state index in [1.807, 2.05) is 6.92 Å². The van der Waals surface area contributed by atoms with Crippen LogP contribution in [0.1, 0.15) is 16.7 Å². The topological polar surface area (TPSA) is 35.5 Å². The van der Waals surface area contributed by atoms with Gasteiger partial charge in [0.1, 0.15) is 12.4 Å². The van der Waals surface area contributed by atoms with Gasteiger partial charge < -0.3 is 9.47 Å². The van der Waals surface area contributed by atoms with Crippen LogP contribution >= 0.6 is 0 Å². The monoisotopic (exact) mass is 262 g/mol. The van der Waals surface area contributed by atoms with Crippen LogP contribution in [0.25, 0.3) is 0 Å². The zero-order chi connectivity index (χ0) is 13.9. The van der Waals surface area contributed by atoms with Crippen LogP contribution in [0.4, 0.5) is 13.2 Å². The minimum absolute atomic E-state index is 0.401. The number of halogens is 3. The summed E-state index contributed by atoms with van der Waals surface area (Å²) in [5.41, 5.74) is 2.15. The van der Waals surface area contributed by atoms with Gasteiger partial charge >= 0.3 is 12.1 Å². The van der Waals surface area contributed by atoms with Crippen molar-refractivity contribution in [2.75, 3.05) is 7.11 Å². The fourth-order valence-corrected chi connectivity index (χ4v) is 1.47. The van der Waals surface area contributed by atoms with E-state index in [9.17, 15) is 18.0 Å². The van der Waals surface area contributed by atoms with Crippen LogP contribution in [0.3, 0.4) is 0 Å². The summed E-state index contributed by atoms with van der Waals surface area (Å²) < 4.78 is 45.2. The molecule has 0 N–H and O–H groups in total. The maximum atomic E-state index is 12.0. The summed E-state index contributed by atoms with van der Waals surface area (Å²) >= 11 is 0. The van der Waals surface area contributed by atoms with E-state index in [1.54, 1.807) is 19.1 Å². The standard InChI is InChI=1S/C12H13F3O3/c1-7-4-5-9(10(17-3)8(7)2)6-18-11(16)12(13,14)15/h4-5H,6H2,1-3H3. The molecule has 0 spiro atoms. The van der Waals surface area contributed by atoms with Gasteiger partial charge in [0, 0.05) is 5.56 Å². The lowest BCUT2D eigenvalue weighted by Gasteiger charge is -2.14. The Morgan fingerprint density at radius 2 is 1.89 bits per heavy atom. The average molecular weight is 262 g/mol. The minimum Gasteiger partial charge on any atom is -0.496 e. The van der Waals surface area contributed by atoms with E-state index in [4.69, 9.17) is 4.74 Å². The van der Waals surface area contributed by atoms with Gasteiger partial charge in [-0.05, 0) is 25.0 Å². The molecule has 6 heteroatoms. The first kappa shape index (κ1) is 14.3. The van der Waals surface area contributed by atoms with Gasteiger partial charge in [0.15, 0.2) is 0 Å². The van der Waals surface area contributed by atoms with Crippen molar-refractivity contribution in [2.45, 2.75) is 26.6 Å². The Labute approximate surface area is 103 Å². The van der Waals surface area contributed by atoms with Crippen molar-refractivity contribution in [3.05, 3.63) is 28.8 Å². The second kappa shape index (κ2) is 5.29. The second-order valence-electron chi connectivity index (χ2n) is 3.77. The van der Waals surface area contributed by atoms with Crippen molar-refractivity contribution in [1.29, 1.82) is 0 Å². The quantitative estimate of drug-likeness (QED) is 0.786. The van der Waals surface area contributed by atoms with Gasteiger partial charge in [0.05, 0.1) is 7.11 Å². The van der Waals surface area contributed by atoms with Crippen LogP contribution in [0.5, 0.6) is 5.75 Å². The maximum absolute atomic E-state index is 12.0. The first-order valence-corrected chi connectivity index (χ1v) is 5.14. The third-order valence-corrected chi connectivity index (χ3v) is 2.55. The van der Waals surface area contributed by atoms with Crippen molar-refractivity contribution in [3.8, 4) is 5.75 Å². The Hall–Kier alpha value is -1.72. The molecular formula is C12H13F3O3. The Morgan fingerprint density at radius 1 is 1.28 bits per heavy atom. The van der Waals surface area contributed by atoms with Crippen molar-refractivity contribution in [3.63, 3.8) is 0 Å². The number of hydrogen-bond acceptors (Lipinski definition) is 3. The van der Waals surface area contributed by atoms with Crippen molar-refractivity contribution >= 4 is 5.97 Å². The molecule has 0 bridgehead atoms. The number of carbonyl (C=O) groups excluding carboxylic acids is 1. The summed E-state index contributed by atoms with van der Waals surface area (Å²) in [4.78, 5) is 10.6. The molecule has 0 atom stereocenters. The van der Waals surface area contributed by atoms with Crippen molar-refractivity contribution in [1.82, 2.24) is 0 Å². The predicted octanol–water partition coefficient (Wildman–Crippen LogP) is 2.92. The summed E-state index contributed by atoms with van der Waals surface area (Å²) in [7, 11) is 1.41. The molecule has 3 nitrogen and oxygen atoms in total. The van der Waals surface area contributed by atoms with Gasteiger partial charge in [-0.2, -0.15) is 13.2 Å². The molecule has 0 saturated carbocycles. The number of ether oxygens (including phenoxy) is 2. The fraction of sp³-hybridized carbons (Fsp3) is 0.417. The Balaban J connectivity index is 2.86. The molecule has 0 saturated heterocycles. The lowest BCUT2D eigenvalue weighted by atomic mass is 10.0. The molecule has 1 aromatic rings. The minimum atomic E-state index is -4.98. The summed E-state index contributed by atoms with van der Waals surface area (Å²) in [5.74, 6) is -1.77. The zero-order valence-electron chi connectivity index (χ0n) is 10.2. The van der Waals surface area contributed by atoms with E-state index in [0.29, 0.717) is 11.3 Å². The smallest absolute Gasteiger partial charge is 0.490 e. The van der Waals surface area contributed by atoms with Crippen LogP contribution in [-0.2, 0) is 16.1 Å². The van der Waals surface area contributed by atoms with Crippen LogP contribution < -0.4 is 4.74 Å². The fourth-order valence-electron chi connectivity index (χ4n) is 1.47. The lowest BCUT2D eigenvalue weighted by molar-refractivity contribution is -0.201. The highest BCUT2D eigenvalue weighted by molar-refractivity contribution is 5.75. The highest BCUT2D eigenvalue weighted by Crippen LogP contribution is 2.27. The number of methoxy groups -OCH3 is 1. The molecule has 0 aromatic heterocycles. The number of carbonyl (C=O) groups is 1. The maximum Gasteiger partial charge on any atom is 0.490 e. The lowest BCUT2D eigenvalue weighted by Crippen LogP contribution is -2.25. The van der Waals surface area contributed by atoms with Gasteiger partial charge in [0.2, 0.25) is 0 Å². The van der Waals surface area contributed by atoms with E-state index in [-0.39, 0.29) is 0 Å². The summed E-state index contributed by atoms with van der Waals surface area (Å²) in [6.45, 7) is 3.16. The van der Waals surface area contributed by atoms with E-state index >= 15 is 0 Å². The molecule has 0 aliphatic rings. The van der Waals surface area contributed by atoms with Gasteiger partial charge in [-0.15, -0.1) is 0 Å². The average Bonchev–Trinajstić information content (AvgIpc) is 2.29. The van der Waals surface area contributed by atoms with Crippen molar-refractivity contribution in [2.24, 2.45) is 0 Å². The first-order chi connectivity index (χ1) is 8.27. The number of hydrogen-bond donors (Lipinski definition) is 0. The first-order valence-electron chi connectivity index (χ1n) is 5.14. The van der Waals surface area contributed by atoms with E-state index in [0.717, 1.165) is 11.1 Å². The van der Waals surface area contributed by atoms with Gasteiger partial charge in [-0.3, -0.25) is 0 Å². The van der Waals surface area contributed by atoms with Crippen LogP contribution in [-0.4, -0.2) is 19.3 Å². The molecule has 0 aliphatic carbocycles. The number of esters is 1. The molecule has 0 fully saturated rings. The van der Waals surface area contributed by atoms with Gasteiger partial charge in [-0.25, -0.2) is 4.79 Å². The molecule has 0 amide bonds. The van der Waals surface area contributed by atoms with Crippen LogP contribution in [0, 0.1) is 13.8 Å². The second-order valence-corrected chi connectivity index (χ2v) is 3.77. The van der Waals surface area contributed by atoms with E-state index in [2.05, 4.69) is 4.74 Å². The Bertz CT molecular complexity index is 453. The molecule has 1 rings (SSSR count). The van der Waals surface area contributed by atoms with E-state index in [1.165, 1.54) is 7.11 Å². The number of rotatable bonds is 3. The van der Waals surface area contributed by atoms with Crippen molar-refractivity contribution < 1.29 is 27.4 Å². The molecule has 0 radical (unpaired) electrons. The molecule has 100 valence electrons. The number of aryl methyl sites for hydroxylation is 1. The van der Waals surface area contributed by atoms with Crippen LogP contribution in [0.15, 0.2) is 12.1 Å². The van der Waals surface area contributed by atoms with E-state index < -0.39 is 18.8 Å². The van der Waals surface area contributed by atoms with Gasteiger partial charge in [-0.1, -0.05) is 12.1 Å². The molecule has 0 heterocycles. The summed E-state index contributed by atoms with van der Waals surface area (Å²) in [6, 6.07) is 3.30. The normalized spacial score (nSPS) is 11.2. The van der Waals surface area contributed by atoms with Gasteiger partial charge in [0.25, 0.3) is 0 Å². The highest BCUT2D eigenvalue weighted by atomic mass is 19.4.